The van der Waals surface area contributed by atoms with E-state index in [2.05, 4.69) is 22.8 Å². The minimum absolute atomic E-state index is 0.0408. The number of benzene rings is 2. The summed E-state index contributed by atoms with van der Waals surface area (Å²) in [6.07, 6.45) is 2.88. The molecule has 3 heterocycles. The molecule has 6 nitrogen and oxygen atoms in total. The summed E-state index contributed by atoms with van der Waals surface area (Å²) in [6.45, 7) is 0.555. The highest BCUT2D eigenvalue weighted by molar-refractivity contribution is 5.85. The average Bonchev–Trinajstić information content (AvgIpc) is 3.38. The van der Waals surface area contributed by atoms with Gasteiger partial charge in [-0.15, -0.1) is 0 Å². The number of amides is 1. The first kappa shape index (κ1) is 18.9. The van der Waals surface area contributed by atoms with E-state index in [0.717, 1.165) is 17.7 Å². The van der Waals surface area contributed by atoms with Gasteiger partial charge in [-0.3, -0.25) is 10.1 Å². The highest BCUT2D eigenvalue weighted by Gasteiger charge is 2.47. The number of phenols is 1. The molecule has 1 aromatic heterocycles. The van der Waals surface area contributed by atoms with Crippen molar-refractivity contribution < 1.29 is 14.3 Å². The van der Waals surface area contributed by atoms with E-state index < -0.39 is 0 Å². The topological polar surface area (TPSA) is 77.7 Å². The van der Waals surface area contributed by atoms with Gasteiger partial charge in [0.05, 0.1) is 24.5 Å². The van der Waals surface area contributed by atoms with Crippen LogP contribution >= 0.6 is 0 Å². The molecule has 0 radical (unpaired) electrons. The Hall–Kier alpha value is -3.09. The molecule has 0 aliphatic carbocycles. The highest BCUT2D eigenvalue weighted by Crippen LogP contribution is 2.30. The van der Waals surface area contributed by atoms with E-state index in [0.29, 0.717) is 13.0 Å². The third-order valence-corrected chi connectivity index (χ3v) is 6.02. The van der Waals surface area contributed by atoms with Gasteiger partial charge in [0.1, 0.15) is 11.5 Å². The fraction of sp³-hybridized carbons (Fsp3) is 0.292. The number of carbonyl (C=O) groups excluding carboxylic acids is 1. The van der Waals surface area contributed by atoms with Crippen LogP contribution in [-0.4, -0.2) is 40.7 Å². The van der Waals surface area contributed by atoms with E-state index in [1.165, 1.54) is 5.56 Å². The normalized spacial score (nSPS) is 26.0. The number of aromatic hydroxyl groups is 1. The Morgan fingerprint density at radius 2 is 1.87 bits per heavy atom. The molecule has 3 N–H and O–H groups in total. The fourth-order valence-electron chi connectivity index (χ4n) is 4.60. The van der Waals surface area contributed by atoms with Gasteiger partial charge in [0, 0.05) is 19.0 Å². The zero-order valence-corrected chi connectivity index (χ0v) is 16.6. The third-order valence-electron chi connectivity index (χ3n) is 6.02. The van der Waals surface area contributed by atoms with Gasteiger partial charge in [-0.05, 0) is 41.8 Å². The summed E-state index contributed by atoms with van der Waals surface area (Å²) < 4.78 is 5.47. The second-order valence-electron chi connectivity index (χ2n) is 8.05. The SMILES string of the molecule is O=C1C(Cc2ccco2)NC2C(Cc3ccccc3)NC(c3cccc(O)c3)CN12. The summed E-state index contributed by atoms with van der Waals surface area (Å²) in [4.78, 5) is 15.2. The van der Waals surface area contributed by atoms with Gasteiger partial charge in [-0.1, -0.05) is 42.5 Å². The van der Waals surface area contributed by atoms with Crippen LogP contribution in [0.2, 0.25) is 0 Å². The number of fused-ring (bicyclic) bond motifs is 1. The van der Waals surface area contributed by atoms with Crippen LogP contribution in [0.1, 0.15) is 22.9 Å². The van der Waals surface area contributed by atoms with E-state index >= 15 is 0 Å². The van der Waals surface area contributed by atoms with Gasteiger partial charge in [-0.2, -0.15) is 0 Å². The zero-order valence-electron chi connectivity index (χ0n) is 16.6. The van der Waals surface area contributed by atoms with E-state index in [9.17, 15) is 9.90 Å². The zero-order chi connectivity index (χ0) is 20.5. The van der Waals surface area contributed by atoms with Crippen LogP contribution in [0.15, 0.2) is 77.4 Å². The van der Waals surface area contributed by atoms with Crippen molar-refractivity contribution >= 4 is 5.91 Å². The Kier molecular flexibility index (Phi) is 5.02. The molecule has 4 unspecified atom stereocenters. The third kappa shape index (κ3) is 3.72. The van der Waals surface area contributed by atoms with Crippen LogP contribution in [-0.2, 0) is 17.6 Å². The second kappa shape index (κ2) is 7.97. The number of hydrogen-bond donors (Lipinski definition) is 3. The first-order valence-electron chi connectivity index (χ1n) is 10.4. The van der Waals surface area contributed by atoms with Gasteiger partial charge in [0.2, 0.25) is 5.91 Å². The lowest BCUT2D eigenvalue weighted by molar-refractivity contribution is -0.132. The van der Waals surface area contributed by atoms with Gasteiger partial charge in [0.25, 0.3) is 0 Å². The molecule has 4 atom stereocenters. The van der Waals surface area contributed by atoms with Crippen molar-refractivity contribution in [1.29, 1.82) is 0 Å². The monoisotopic (exact) mass is 403 g/mol. The van der Waals surface area contributed by atoms with E-state index in [4.69, 9.17) is 4.42 Å². The minimum Gasteiger partial charge on any atom is -0.508 e. The van der Waals surface area contributed by atoms with Crippen molar-refractivity contribution in [3.05, 3.63) is 89.9 Å². The largest absolute Gasteiger partial charge is 0.508 e. The number of piperazine rings is 1. The molecule has 0 bridgehead atoms. The number of hydrogen-bond acceptors (Lipinski definition) is 5. The molecule has 2 aliphatic heterocycles. The quantitative estimate of drug-likeness (QED) is 0.611. The summed E-state index contributed by atoms with van der Waals surface area (Å²) in [7, 11) is 0. The molecule has 2 aliphatic rings. The molecule has 30 heavy (non-hydrogen) atoms. The smallest absolute Gasteiger partial charge is 0.241 e. The predicted molar refractivity (Wildman–Crippen MR) is 113 cm³/mol. The maximum Gasteiger partial charge on any atom is 0.241 e. The molecular weight excluding hydrogens is 378 g/mol. The Balaban J connectivity index is 1.42. The molecule has 6 heteroatoms. The van der Waals surface area contributed by atoms with Crippen molar-refractivity contribution in [2.24, 2.45) is 0 Å². The molecule has 1 amide bonds. The number of nitrogens with one attached hydrogen (secondary N) is 2. The van der Waals surface area contributed by atoms with E-state index in [-0.39, 0.29) is 35.9 Å². The second-order valence-corrected chi connectivity index (χ2v) is 8.05. The first-order valence-corrected chi connectivity index (χ1v) is 10.4. The summed E-state index contributed by atoms with van der Waals surface area (Å²) in [6, 6.07) is 21.0. The number of nitrogens with zero attached hydrogens (tertiary/aromatic N) is 1. The van der Waals surface area contributed by atoms with Crippen LogP contribution in [0.5, 0.6) is 5.75 Å². The van der Waals surface area contributed by atoms with Crippen LogP contribution in [0.3, 0.4) is 0 Å². The maximum atomic E-state index is 13.3. The van der Waals surface area contributed by atoms with Gasteiger partial charge >= 0.3 is 0 Å². The van der Waals surface area contributed by atoms with Crippen LogP contribution in [0.4, 0.5) is 0 Å². The van der Waals surface area contributed by atoms with Crippen molar-refractivity contribution in [2.75, 3.05) is 6.54 Å². The lowest BCUT2D eigenvalue weighted by Gasteiger charge is -2.42. The van der Waals surface area contributed by atoms with Crippen molar-refractivity contribution in [2.45, 2.75) is 37.1 Å². The van der Waals surface area contributed by atoms with Gasteiger partial charge in [-0.25, -0.2) is 0 Å². The van der Waals surface area contributed by atoms with E-state index in [1.807, 2.05) is 47.4 Å². The van der Waals surface area contributed by atoms with Crippen LogP contribution in [0.25, 0.3) is 0 Å². The van der Waals surface area contributed by atoms with Crippen molar-refractivity contribution in [3.8, 4) is 5.75 Å². The standard InChI is InChI=1S/C24H25N3O3/c28-18-9-4-8-17(13-18)22-15-27-23(20(25-22)12-16-6-2-1-3-7-16)26-21(24(27)29)14-19-10-5-11-30-19/h1-11,13,20-23,25-26,28H,12,14-15H2. The van der Waals surface area contributed by atoms with Gasteiger partial charge < -0.3 is 19.7 Å². The maximum absolute atomic E-state index is 13.3. The summed E-state index contributed by atoms with van der Waals surface area (Å²) in [5.74, 6) is 1.14. The Bertz CT molecular complexity index is 1010. The fourth-order valence-corrected chi connectivity index (χ4v) is 4.60. The van der Waals surface area contributed by atoms with Crippen molar-refractivity contribution in [1.82, 2.24) is 15.5 Å². The Morgan fingerprint density at radius 1 is 1.00 bits per heavy atom. The molecule has 2 aromatic carbocycles. The number of rotatable bonds is 5. The summed E-state index contributed by atoms with van der Waals surface area (Å²) >= 11 is 0. The molecule has 0 spiro atoms. The minimum atomic E-state index is -0.302. The number of phenolic OH excluding ortho intramolecular Hbond substituents is 1. The number of furan rings is 1. The molecular formula is C24H25N3O3. The van der Waals surface area contributed by atoms with Crippen molar-refractivity contribution in [3.63, 3.8) is 0 Å². The molecule has 2 fully saturated rings. The van der Waals surface area contributed by atoms with Crippen LogP contribution in [0, 0.1) is 0 Å². The molecule has 5 rings (SSSR count). The predicted octanol–water partition coefficient (Wildman–Crippen LogP) is 2.61. The first-order chi connectivity index (χ1) is 14.7. The molecule has 2 saturated heterocycles. The average molecular weight is 403 g/mol. The number of carbonyl (C=O) groups is 1. The Morgan fingerprint density at radius 3 is 2.63 bits per heavy atom. The van der Waals surface area contributed by atoms with Gasteiger partial charge in [0.15, 0.2) is 0 Å². The molecule has 154 valence electrons. The van der Waals surface area contributed by atoms with Crippen LogP contribution < -0.4 is 10.6 Å². The molecule has 0 saturated carbocycles. The Labute approximate surface area is 175 Å². The lowest BCUT2D eigenvalue weighted by Crippen LogP contribution is -2.61. The van der Waals surface area contributed by atoms with E-state index in [1.54, 1.807) is 18.4 Å². The highest BCUT2D eigenvalue weighted by atomic mass is 16.3. The summed E-state index contributed by atoms with van der Waals surface area (Å²) in [5.41, 5.74) is 2.20. The molecule has 3 aromatic rings. The lowest BCUT2D eigenvalue weighted by atomic mass is 9.96. The summed E-state index contributed by atoms with van der Waals surface area (Å²) in [5, 5.41) is 17.2.